The van der Waals surface area contributed by atoms with Gasteiger partial charge in [-0.15, -0.1) is 0 Å². The molecule has 7 nitrogen and oxygen atoms in total. The van der Waals surface area contributed by atoms with Crippen molar-refractivity contribution in [1.82, 2.24) is 15.3 Å². The number of para-hydroxylation sites is 1. The Morgan fingerprint density at radius 1 is 0.906 bits per heavy atom. The van der Waals surface area contributed by atoms with Gasteiger partial charge < -0.3 is 20.9 Å². The first-order valence-electron chi connectivity index (χ1n) is 11.1. The van der Waals surface area contributed by atoms with Crippen LogP contribution in [-0.2, 0) is 0 Å². The van der Waals surface area contributed by atoms with E-state index in [1.165, 1.54) is 0 Å². The third kappa shape index (κ3) is 5.55. The van der Waals surface area contributed by atoms with Gasteiger partial charge in [0.15, 0.2) is 0 Å². The van der Waals surface area contributed by atoms with Crippen LogP contribution in [0.15, 0.2) is 66.9 Å². The topological polar surface area (TPSA) is 82.2 Å². The van der Waals surface area contributed by atoms with Crippen molar-refractivity contribution in [2.45, 2.75) is 37.8 Å². The predicted molar refractivity (Wildman–Crippen MR) is 130 cm³/mol. The van der Waals surface area contributed by atoms with Crippen molar-refractivity contribution in [3.05, 3.63) is 66.9 Å². The zero-order valence-electron chi connectivity index (χ0n) is 18.6. The Morgan fingerprint density at radius 3 is 2.34 bits per heavy atom. The minimum Gasteiger partial charge on any atom is -0.363 e. The van der Waals surface area contributed by atoms with E-state index >= 15 is 0 Å². The molecule has 0 spiro atoms. The lowest BCUT2D eigenvalue weighted by atomic mass is 9.91. The van der Waals surface area contributed by atoms with Crippen molar-refractivity contribution in [1.29, 1.82) is 0 Å². The summed E-state index contributed by atoms with van der Waals surface area (Å²) in [6, 6.07) is 20.2. The first-order valence-corrected chi connectivity index (χ1v) is 11.1. The molecule has 0 atom stereocenters. The van der Waals surface area contributed by atoms with Crippen molar-refractivity contribution in [3.8, 4) is 11.1 Å². The molecule has 0 radical (unpaired) electrons. The highest BCUT2D eigenvalue weighted by molar-refractivity contribution is 5.94. The van der Waals surface area contributed by atoms with Crippen LogP contribution >= 0.6 is 0 Å². The second kappa shape index (κ2) is 10.1. The molecule has 2 amide bonds. The van der Waals surface area contributed by atoms with Crippen LogP contribution in [0.25, 0.3) is 11.1 Å². The standard InChI is InChI=1S/C25H30N6O/c1-31(2)23-16-17-26-24(30-23)27-19-12-14-20(15-13-19)28-25(32)29-22-11-7-6-10-21(22)18-8-4-3-5-9-18/h3-11,16-17,19-20H,12-15H2,1-2H3,(H,26,27,30)(H2,28,29,32)/t19-,20+. The minimum atomic E-state index is -0.160. The molecule has 0 saturated heterocycles. The summed E-state index contributed by atoms with van der Waals surface area (Å²) >= 11 is 0. The van der Waals surface area contributed by atoms with Gasteiger partial charge in [-0.3, -0.25) is 0 Å². The number of amides is 2. The van der Waals surface area contributed by atoms with Crippen molar-refractivity contribution in [2.24, 2.45) is 0 Å². The first kappa shape index (κ1) is 21.6. The van der Waals surface area contributed by atoms with Crippen LogP contribution in [0.1, 0.15) is 25.7 Å². The molecule has 0 bridgehead atoms. The zero-order valence-corrected chi connectivity index (χ0v) is 18.6. The molecule has 1 saturated carbocycles. The van der Waals surface area contributed by atoms with E-state index in [9.17, 15) is 4.79 Å². The number of benzene rings is 2. The van der Waals surface area contributed by atoms with Crippen molar-refractivity contribution in [3.63, 3.8) is 0 Å². The lowest BCUT2D eigenvalue weighted by Crippen LogP contribution is -2.42. The Hall–Kier alpha value is -3.61. The van der Waals surface area contributed by atoms with Crippen LogP contribution in [0, 0.1) is 0 Å². The maximum Gasteiger partial charge on any atom is 0.319 e. The van der Waals surface area contributed by atoms with E-state index in [-0.39, 0.29) is 12.1 Å². The van der Waals surface area contributed by atoms with Gasteiger partial charge >= 0.3 is 6.03 Å². The van der Waals surface area contributed by atoms with Crippen LogP contribution in [-0.4, -0.2) is 42.2 Å². The van der Waals surface area contributed by atoms with E-state index < -0.39 is 0 Å². The molecular weight excluding hydrogens is 400 g/mol. The Labute approximate surface area is 189 Å². The summed E-state index contributed by atoms with van der Waals surface area (Å²) in [6.45, 7) is 0. The number of nitrogens with zero attached hydrogens (tertiary/aromatic N) is 3. The van der Waals surface area contributed by atoms with Crippen LogP contribution in [0.4, 0.5) is 22.2 Å². The molecule has 2 aromatic carbocycles. The van der Waals surface area contributed by atoms with Gasteiger partial charge in [-0.1, -0.05) is 48.5 Å². The third-order valence-corrected chi connectivity index (χ3v) is 5.75. The fourth-order valence-corrected chi connectivity index (χ4v) is 4.04. The second-order valence-electron chi connectivity index (χ2n) is 8.34. The van der Waals surface area contributed by atoms with Gasteiger partial charge in [-0.25, -0.2) is 9.78 Å². The number of hydrogen-bond donors (Lipinski definition) is 3. The number of anilines is 3. The molecule has 3 N–H and O–H groups in total. The lowest BCUT2D eigenvalue weighted by molar-refractivity contribution is 0.243. The van der Waals surface area contributed by atoms with Gasteiger partial charge in [0.25, 0.3) is 0 Å². The third-order valence-electron chi connectivity index (χ3n) is 5.75. The van der Waals surface area contributed by atoms with Crippen LogP contribution in [0.3, 0.4) is 0 Å². The summed E-state index contributed by atoms with van der Waals surface area (Å²) in [4.78, 5) is 23.5. The van der Waals surface area contributed by atoms with Gasteiger partial charge in [0, 0.05) is 37.9 Å². The Kier molecular flexibility index (Phi) is 6.84. The van der Waals surface area contributed by atoms with Gasteiger partial charge in [0.05, 0.1) is 5.69 Å². The van der Waals surface area contributed by atoms with Crippen molar-refractivity contribution in [2.75, 3.05) is 29.6 Å². The number of nitrogens with one attached hydrogen (secondary N) is 3. The molecule has 7 heteroatoms. The highest BCUT2D eigenvalue weighted by atomic mass is 16.2. The molecule has 1 aromatic heterocycles. The summed E-state index contributed by atoms with van der Waals surface area (Å²) in [5.41, 5.74) is 2.90. The molecule has 0 aliphatic heterocycles. The predicted octanol–water partition coefficient (Wildman–Crippen LogP) is 4.75. The zero-order chi connectivity index (χ0) is 22.3. The van der Waals surface area contributed by atoms with Crippen LogP contribution in [0.5, 0.6) is 0 Å². The van der Waals surface area contributed by atoms with Crippen molar-refractivity contribution >= 4 is 23.5 Å². The van der Waals surface area contributed by atoms with E-state index in [4.69, 9.17) is 0 Å². The lowest BCUT2D eigenvalue weighted by Gasteiger charge is -2.30. The number of hydrogen-bond acceptors (Lipinski definition) is 5. The van der Waals surface area contributed by atoms with Crippen LogP contribution < -0.4 is 20.9 Å². The Morgan fingerprint density at radius 2 is 1.59 bits per heavy atom. The van der Waals surface area contributed by atoms with Gasteiger partial charge in [-0.2, -0.15) is 4.98 Å². The summed E-state index contributed by atoms with van der Waals surface area (Å²) in [5, 5.41) is 9.61. The number of rotatable bonds is 6. The highest BCUT2D eigenvalue weighted by Gasteiger charge is 2.23. The molecular formula is C25H30N6O. The molecule has 3 aromatic rings. The normalized spacial score (nSPS) is 17.9. The molecule has 1 aliphatic rings. The average Bonchev–Trinajstić information content (AvgIpc) is 2.81. The number of carbonyl (C=O) groups excluding carboxylic acids is 1. The summed E-state index contributed by atoms with van der Waals surface area (Å²) < 4.78 is 0. The maximum absolute atomic E-state index is 12.7. The van der Waals surface area contributed by atoms with E-state index in [1.807, 2.05) is 79.7 Å². The maximum atomic E-state index is 12.7. The highest BCUT2D eigenvalue weighted by Crippen LogP contribution is 2.28. The molecule has 4 rings (SSSR count). The SMILES string of the molecule is CN(C)c1ccnc(N[C@H]2CC[C@@H](NC(=O)Nc3ccccc3-c3ccccc3)CC2)n1. The number of urea groups is 1. The quantitative estimate of drug-likeness (QED) is 0.526. The molecule has 1 fully saturated rings. The first-order chi connectivity index (χ1) is 15.6. The van der Waals surface area contributed by atoms with Gasteiger partial charge in [-0.05, 0) is 43.4 Å². The summed E-state index contributed by atoms with van der Waals surface area (Å²) in [5.74, 6) is 1.54. The monoisotopic (exact) mass is 430 g/mol. The average molecular weight is 431 g/mol. The molecule has 32 heavy (non-hydrogen) atoms. The largest absolute Gasteiger partial charge is 0.363 e. The fourth-order valence-electron chi connectivity index (χ4n) is 4.04. The summed E-state index contributed by atoms with van der Waals surface area (Å²) in [6.07, 6.45) is 5.52. The van der Waals surface area contributed by atoms with E-state index in [1.54, 1.807) is 6.20 Å². The second-order valence-corrected chi connectivity index (χ2v) is 8.34. The number of carbonyl (C=O) groups is 1. The molecule has 1 heterocycles. The Bertz CT molecular complexity index is 1030. The van der Waals surface area contributed by atoms with E-state index in [2.05, 4.69) is 25.9 Å². The van der Waals surface area contributed by atoms with Crippen molar-refractivity contribution < 1.29 is 4.79 Å². The molecule has 166 valence electrons. The van der Waals surface area contributed by atoms with E-state index in [0.29, 0.717) is 12.0 Å². The molecule has 1 aliphatic carbocycles. The van der Waals surface area contributed by atoms with Gasteiger partial charge in [0.2, 0.25) is 5.95 Å². The van der Waals surface area contributed by atoms with Gasteiger partial charge in [0.1, 0.15) is 5.82 Å². The smallest absolute Gasteiger partial charge is 0.319 e. The number of aromatic nitrogens is 2. The van der Waals surface area contributed by atoms with Crippen LogP contribution in [0.2, 0.25) is 0 Å². The molecule has 0 unspecified atom stereocenters. The fraction of sp³-hybridized carbons (Fsp3) is 0.320. The van der Waals surface area contributed by atoms with E-state index in [0.717, 1.165) is 48.3 Å². The Balaban J connectivity index is 1.29. The summed E-state index contributed by atoms with van der Waals surface area (Å²) in [7, 11) is 3.93. The minimum absolute atomic E-state index is 0.158.